The van der Waals surface area contributed by atoms with Crippen LogP contribution < -0.4 is 15.5 Å². The van der Waals surface area contributed by atoms with Gasteiger partial charge in [-0.25, -0.2) is 9.59 Å². The Morgan fingerprint density at radius 2 is 1.76 bits per heavy atom. The van der Waals surface area contributed by atoms with E-state index in [0.29, 0.717) is 29.9 Å². The first-order chi connectivity index (χ1) is 15.9. The monoisotopic (exact) mass is 443 g/mol. The molecule has 1 aliphatic rings. The maximum atomic E-state index is 13.0. The number of carbonyl (C=O) groups is 3. The van der Waals surface area contributed by atoms with Crippen molar-refractivity contribution in [2.45, 2.75) is 19.9 Å². The number of hydrogen-bond acceptors (Lipinski definition) is 4. The normalized spacial score (nSPS) is 12.1. The van der Waals surface area contributed by atoms with Crippen molar-refractivity contribution in [3.8, 4) is 0 Å². The standard InChI is InChI=1S/C26H25N3O4/c1-17-6-9-20(10-7-17)24(30)29-13-12-19-11-8-18(14-23(19)29)16-27-26(32)28-22-5-3-4-21(15-22)25(31)33-2/h3-11,14-15H,12-13,16H2,1-2H3,(H2,27,28,32). The molecule has 0 aliphatic carbocycles. The molecule has 7 heteroatoms. The summed E-state index contributed by atoms with van der Waals surface area (Å²) >= 11 is 0. The van der Waals surface area contributed by atoms with Gasteiger partial charge in [0, 0.05) is 30.0 Å². The molecule has 4 rings (SSSR count). The lowest BCUT2D eigenvalue weighted by molar-refractivity contribution is 0.0600. The number of fused-ring (bicyclic) bond motifs is 1. The first-order valence-electron chi connectivity index (χ1n) is 10.7. The molecule has 33 heavy (non-hydrogen) atoms. The Morgan fingerprint density at radius 3 is 2.52 bits per heavy atom. The Kier molecular flexibility index (Phi) is 6.40. The lowest BCUT2D eigenvalue weighted by Crippen LogP contribution is -2.29. The Bertz CT molecular complexity index is 1200. The van der Waals surface area contributed by atoms with Gasteiger partial charge in [0.05, 0.1) is 12.7 Å². The molecule has 0 radical (unpaired) electrons. The third-order valence-electron chi connectivity index (χ3n) is 5.58. The van der Waals surface area contributed by atoms with Gasteiger partial charge in [-0.1, -0.05) is 35.9 Å². The number of benzene rings is 3. The molecule has 0 saturated carbocycles. The molecule has 0 saturated heterocycles. The van der Waals surface area contributed by atoms with Crippen molar-refractivity contribution in [3.05, 3.63) is 94.5 Å². The van der Waals surface area contributed by atoms with E-state index in [4.69, 9.17) is 4.74 Å². The van der Waals surface area contributed by atoms with Gasteiger partial charge in [-0.05, 0) is 60.9 Å². The molecule has 0 unspecified atom stereocenters. The first kappa shape index (κ1) is 22.1. The molecule has 1 aliphatic heterocycles. The number of methoxy groups -OCH3 is 1. The summed E-state index contributed by atoms with van der Waals surface area (Å²) in [7, 11) is 1.31. The van der Waals surface area contributed by atoms with E-state index < -0.39 is 12.0 Å². The summed E-state index contributed by atoms with van der Waals surface area (Å²) in [5.74, 6) is -0.496. The van der Waals surface area contributed by atoms with E-state index in [1.165, 1.54) is 7.11 Å². The van der Waals surface area contributed by atoms with Crippen LogP contribution in [-0.2, 0) is 17.7 Å². The number of urea groups is 1. The fourth-order valence-electron chi connectivity index (χ4n) is 3.80. The van der Waals surface area contributed by atoms with Crippen LogP contribution in [-0.4, -0.2) is 31.6 Å². The van der Waals surface area contributed by atoms with E-state index >= 15 is 0 Å². The van der Waals surface area contributed by atoms with Crippen LogP contribution in [0, 0.1) is 6.92 Å². The number of nitrogens with zero attached hydrogens (tertiary/aromatic N) is 1. The molecule has 0 bridgehead atoms. The minimum Gasteiger partial charge on any atom is -0.465 e. The number of aryl methyl sites for hydroxylation is 1. The van der Waals surface area contributed by atoms with Crippen LogP contribution in [0.15, 0.2) is 66.7 Å². The van der Waals surface area contributed by atoms with Crippen LogP contribution in [0.25, 0.3) is 0 Å². The van der Waals surface area contributed by atoms with E-state index in [2.05, 4.69) is 10.6 Å². The van der Waals surface area contributed by atoms with Gasteiger partial charge in [-0.3, -0.25) is 4.79 Å². The summed E-state index contributed by atoms with van der Waals surface area (Å²) in [6.07, 6.45) is 0.803. The number of amides is 3. The van der Waals surface area contributed by atoms with Gasteiger partial charge < -0.3 is 20.3 Å². The highest BCUT2D eigenvalue weighted by atomic mass is 16.5. The van der Waals surface area contributed by atoms with Gasteiger partial charge in [0.15, 0.2) is 0 Å². The molecule has 0 atom stereocenters. The zero-order valence-corrected chi connectivity index (χ0v) is 18.6. The molecule has 3 aromatic rings. The highest BCUT2D eigenvalue weighted by Crippen LogP contribution is 2.30. The van der Waals surface area contributed by atoms with Gasteiger partial charge in [0.25, 0.3) is 5.91 Å². The number of hydrogen-bond donors (Lipinski definition) is 2. The van der Waals surface area contributed by atoms with E-state index in [0.717, 1.165) is 28.8 Å². The second-order valence-corrected chi connectivity index (χ2v) is 7.92. The van der Waals surface area contributed by atoms with E-state index in [1.54, 1.807) is 29.2 Å². The summed E-state index contributed by atoms with van der Waals surface area (Å²) in [5, 5.41) is 5.53. The zero-order valence-electron chi connectivity index (χ0n) is 18.6. The smallest absolute Gasteiger partial charge is 0.337 e. The van der Waals surface area contributed by atoms with Crippen molar-refractivity contribution in [1.29, 1.82) is 0 Å². The van der Waals surface area contributed by atoms with Crippen LogP contribution in [0.3, 0.4) is 0 Å². The average molecular weight is 444 g/mol. The van der Waals surface area contributed by atoms with Gasteiger partial charge in [0.1, 0.15) is 0 Å². The highest BCUT2D eigenvalue weighted by Gasteiger charge is 2.25. The summed E-state index contributed by atoms with van der Waals surface area (Å²) in [4.78, 5) is 38.8. The molecule has 2 N–H and O–H groups in total. The predicted molar refractivity (Wildman–Crippen MR) is 127 cm³/mol. The Hall–Kier alpha value is -4.13. The van der Waals surface area contributed by atoms with Crippen LogP contribution in [0.4, 0.5) is 16.2 Å². The maximum absolute atomic E-state index is 13.0. The molecule has 7 nitrogen and oxygen atoms in total. The topological polar surface area (TPSA) is 87.7 Å². The fraction of sp³-hybridized carbons (Fsp3) is 0.192. The average Bonchev–Trinajstić information content (AvgIpc) is 3.25. The third kappa shape index (κ3) is 5.03. The van der Waals surface area contributed by atoms with Gasteiger partial charge >= 0.3 is 12.0 Å². The highest BCUT2D eigenvalue weighted by molar-refractivity contribution is 6.07. The SMILES string of the molecule is COC(=O)c1cccc(NC(=O)NCc2ccc3c(c2)N(C(=O)c2ccc(C)cc2)CC3)c1. The number of anilines is 2. The first-order valence-corrected chi connectivity index (χ1v) is 10.7. The van der Waals surface area contributed by atoms with Gasteiger partial charge in [-0.15, -0.1) is 0 Å². The minimum atomic E-state index is -0.470. The number of esters is 1. The molecule has 1 heterocycles. The largest absolute Gasteiger partial charge is 0.465 e. The van der Waals surface area contributed by atoms with Crippen molar-refractivity contribution in [3.63, 3.8) is 0 Å². The minimum absolute atomic E-state index is 0.0258. The zero-order chi connectivity index (χ0) is 23.4. The van der Waals surface area contributed by atoms with Crippen LogP contribution >= 0.6 is 0 Å². The molecule has 0 spiro atoms. The molecule has 168 valence electrons. The molecule has 0 aromatic heterocycles. The van der Waals surface area contributed by atoms with Crippen LogP contribution in [0.5, 0.6) is 0 Å². The molecule has 0 fully saturated rings. The van der Waals surface area contributed by atoms with Crippen molar-refractivity contribution in [2.75, 3.05) is 23.9 Å². The number of nitrogens with one attached hydrogen (secondary N) is 2. The number of carbonyl (C=O) groups excluding carboxylic acids is 3. The Labute approximate surface area is 192 Å². The van der Waals surface area contributed by atoms with Gasteiger partial charge in [-0.2, -0.15) is 0 Å². The number of rotatable bonds is 5. The second-order valence-electron chi connectivity index (χ2n) is 7.92. The van der Waals surface area contributed by atoms with Gasteiger partial charge in [0.2, 0.25) is 0 Å². The van der Waals surface area contributed by atoms with Crippen LogP contribution in [0.2, 0.25) is 0 Å². The predicted octanol–water partition coefficient (Wildman–Crippen LogP) is 4.31. The number of ether oxygens (including phenoxy) is 1. The Morgan fingerprint density at radius 1 is 0.970 bits per heavy atom. The lowest BCUT2D eigenvalue weighted by atomic mass is 10.1. The van der Waals surface area contributed by atoms with E-state index in [1.807, 2.05) is 49.4 Å². The molecule has 3 amide bonds. The van der Waals surface area contributed by atoms with Crippen molar-refractivity contribution in [2.24, 2.45) is 0 Å². The summed E-state index contributed by atoms with van der Waals surface area (Å²) in [5.41, 5.74) is 5.49. The van der Waals surface area contributed by atoms with Crippen molar-refractivity contribution in [1.82, 2.24) is 5.32 Å². The van der Waals surface area contributed by atoms with Crippen LogP contribution in [0.1, 0.15) is 37.4 Å². The van der Waals surface area contributed by atoms with Crippen molar-refractivity contribution < 1.29 is 19.1 Å². The third-order valence-corrected chi connectivity index (χ3v) is 5.58. The summed E-state index contributed by atoms with van der Waals surface area (Å²) < 4.78 is 4.70. The molecular weight excluding hydrogens is 418 g/mol. The van der Waals surface area contributed by atoms with E-state index in [-0.39, 0.29) is 5.91 Å². The quantitative estimate of drug-likeness (QED) is 0.576. The maximum Gasteiger partial charge on any atom is 0.337 e. The van der Waals surface area contributed by atoms with Crippen molar-refractivity contribution >= 4 is 29.3 Å². The molecular formula is C26H25N3O4. The lowest BCUT2D eigenvalue weighted by Gasteiger charge is -2.18. The fourth-order valence-corrected chi connectivity index (χ4v) is 3.80. The van der Waals surface area contributed by atoms with E-state index in [9.17, 15) is 14.4 Å². The second kappa shape index (κ2) is 9.56. The Balaban J connectivity index is 1.41. The summed E-state index contributed by atoms with van der Waals surface area (Å²) in [6.45, 7) is 2.92. The molecule has 3 aromatic carbocycles. The summed E-state index contributed by atoms with van der Waals surface area (Å²) in [6, 6.07) is 19.6.